The first-order valence-electron chi connectivity index (χ1n) is 7.78. The van der Waals surface area contributed by atoms with E-state index >= 15 is 0 Å². The van der Waals surface area contributed by atoms with E-state index in [1.165, 1.54) is 24.3 Å². The van der Waals surface area contributed by atoms with Crippen LogP contribution in [0.15, 0.2) is 0 Å². The van der Waals surface area contributed by atoms with Gasteiger partial charge in [0.2, 0.25) is 0 Å². The minimum Gasteiger partial charge on any atom is -0.0811 e. The van der Waals surface area contributed by atoms with Crippen molar-refractivity contribution in [2.75, 3.05) is 11.5 Å². The summed E-state index contributed by atoms with van der Waals surface area (Å²) in [6.07, 6.45) is 2.63. The Labute approximate surface area is 152 Å². The minimum absolute atomic E-state index is 0.462. The molecule has 0 bridgehead atoms. The average Bonchev–Trinajstić information content (AvgIpc) is 2.23. The van der Waals surface area contributed by atoms with Gasteiger partial charge in [-0.3, -0.25) is 0 Å². The van der Waals surface area contributed by atoms with Crippen LogP contribution in [-0.4, -0.2) is 11.5 Å². The number of hydrogen-bond acceptors (Lipinski definition) is 5. The Morgan fingerprint density at radius 1 is 0.619 bits per heavy atom. The monoisotopic (exact) mass is 386 g/mol. The van der Waals surface area contributed by atoms with E-state index < -0.39 is 0 Å². The third-order valence-electron chi connectivity index (χ3n) is 2.97. The van der Waals surface area contributed by atoms with E-state index in [0.717, 1.165) is 11.8 Å². The van der Waals surface area contributed by atoms with Gasteiger partial charge in [-0.2, -0.15) is 0 Å². The van der Waals surface area contributed by atoms with Crippen molar-refractivity contribution in [3.05, 3.63) is 0 Å². The van der Waals surface area contributed by atoms with Gasteiger partial charge in [0.25, 0.3) is 0 Å². The van der Waals surface area contributed by atoms with Crippen molar-refractivity contribution in [1.82, 2.24) is 0 Å². The third-order valence-corrected chi connectivity index (χ3v) is 12.4. The molecule has 0 spiro atoms. The molecular weight excluding hydrogens is 353 g/mol. The topological polar surface area (TPSA) is 0 Å². The predicted molar refractivity (Wildman–Crippen MR) is 114 cm³/mol. The van der Waals surface area contributed by atoms with Crippen LogP contribution in [0.4, 0.5) is 0 Å². The molecule has 0 fully saturated rings. The van der Waals surface area contributed by atoms with Crippen LogP contribution in [0.3, 0.4) is 0 Å². The molecule has 0 aliphatic rings. The maximum atomic E-state index is 2.39. The Balaban J connectivity index is 3.61. The molecule has 0 unspecified atom stereocenters. The molecule has 0 atom stereocenters. The lowest BCUT2D eigenvalue weighted by Gasteiger charge is -2.26. The second-order valence-electron chi connectivity index (χ2n) is 8.25. The molecule has 0 aromatic rings. The number of hydrogen-bond donors (Lipinski definition) is 0. The molecule has 0 saturated carbocycles. The predicted octanol–water partition coefficient (Wildman–Crippen LogP) is 8.46. The molecule has 0 aliphatic heterocycles. The van der Waals surface area contributed by atoms with E-state index in [2.05, 4.69) is 55.4 Å². The highest BCUT2D eigenvalue weighted by Gasteiger charge is 2.21. The zero-order valence-electron chi connectivity index (χ0n) is 15.0. The summed E-state index contributed by atoms with van der Waals surface area (Å²) in [5.41, 5.74) is 0.924. The Bertz CT molecular complexity index is 235. The smallest absolute Gasteiger partial charge is 0.00969 e. The molecule has 0 aromatic heterocycles. The summed E-state index contributed by atoms with van der Waals surface area (Å²) in [5, 5.41) is 0. The summed E-state index contributed by atoms with van der Waals surface area (Å²) < 4.78 is 0. The Kier molecular flexibility index (Phi) is 12.3. The minimum atomic E-state index is 0.462. The molecule has 0 N–H and O–H groups in total. The molecule has 0 aromatic carbocycles. The summed E-state index contributed by atoms with van der Waals surface area (Å²) >= 11 is 0. The molecule has 0 radical (unpaired) electrons. The lowest BCUT2D eigenvalue weighted by Crippen LogP contribution is -2.16. The quantitative estimate of drug-likeness (QED) is 0.243. The first kappa shape index (κ1) is 22.8. The fourth-order valence-corrected chi connectivity index (χ4v) is 12.7. The fraction of sp³-hybridized carbons (Fsp3) is 1.00. The summed E-state index contributed by atoms with van der Waals surface area (Å²) in [6.45, 7) is 18.8. The molecule has 5 heteroatoms. The van der Waals surface area contributed by atoms with Gasteiger partial charge in [-0.15, -0.1) is 0 Å². The first-order chi connectivity index (χ1) is 9.54. The van der Waals surface area contributed by atoms with E-state index in [0.29, 0.717) is 10.8 Å². The van der Waals surface area contributed by atoms with Gasteiger partial charge in [0.1, 0.15) is 0 Å². The fourth-order valence-electron chi connectivity index (χ4n) is 2.75. The molecular formula is C16H34S5. The van der Waals surface area contributed by atoms with Gasteiger partial charge in [0.15, 0.2) is 0 Å². The summed E-state index contributed by atoms with van der Waals surface area (Å²) in [7, 11) is 9.86. The maximum absolute atomic E-state index is 2.39. The van der Waals surface area contributed by atoms with E-state index in [1.54, 1.807) is 0 Å². The first-order valence-corrected chi connectivity index (χ1v) is 14.3. The number of rotatable bonds is 12. The van der Waals surface area contributed by atoms with Crippen LogP contribution in [0.25, 0.3) is 0 Å². The molecule has 0 rings (SSSR count). The molecule has 0 amide bonds. The molecule has 0 aliphatic carbocycles. The van der Waals surface area contributed by atoms with Gasteiger partial charge in [-0.05, 0) is 65.0 Å². The van der Waals surface area contributed by atoms with Crippen LogP contribution in [0.2, 0.25) is 0 Å². The zero-order chi connectivity index (χ0) is 16.5. The van der Waals surface area contributed by atoms with Crippen LogP contribution in [-0.2, 0) is 0 Å². The van der Waals surface area contributed by atoms with Crippen molar-refractivity contribution < 1.29 is 0 Å². The van der Waals surface area contributed by atoms with Crippen molar-refractivity contribution in [1.29, 1.82) is 0 Å². The van der Waals surface area contributed by atoms with Crippen molar-refractivity contribution in [2.24, 2.45) is 22.7 Å². The Hall–Kier alpha value is 1.75. The third kappa shape index (κ3) is 15.0. The van der Waals surface area contributed by atoms with E-state index in [4.69, 9.17) is 0 Å². The van der Waals surface area contributed by atoms with Gasteiger partial charge in [0, 0.05) is 11.5 Å². The van der Waals surface area contributed by atoms with Gasteiger partial charge in [0.05, 0.1) is 0 Å². The summed E-state index contributed by atoms with van der Waals surface area (Å²) in [5.74, 6) is 4.08. The Morgan fingerprint density at radius 3 is 1.24 bits per heavy atom. The SMILES string of the molecule is CC(C)CC(C)(C)CSSSSSCC(C)(C)CC(C)C. The van der Waals surface area contributed by atoms with Crippen molar-refractivity contribution in [3.8, 4) is 0 Å². The Morgan fingerprint density at radius 2 is 0.952 bits per heavy atom. The summed E-state index contributed by atoms with van der Waals surface area (Å²) in [4.78, 5) is 0. The highest BCUT2D eigenvalue weighted by molar-refractivity contribution is 9.35. The molecule has 0 saturated heterocycles. The lowest BCUT2D eigenvalue weighted by atomic mass is 9.86. The van der Waals surface area contributed by atoms with Crippen LogP contribution in [0, 0.1) is 22.7 Å². The van der Waals surface area contributed by atoms with Crippen LogP contribution < -0.4 is 0 Å². The molecule has 0 heterocycles. The van der Waals surface area contributed by atoms with Crippen LogP contribution in [0.5, 0.6) is 0 Å². The summed E-state index contributed by atoms with van der Waals surface area (Å²) in [6, 6.07) is 0. The van der Waals surface area contributed by atoms with E-state index in [-0.39, 0.29) is 0 Å². The van der Waals surface area contributed by atoms with Crippen molar-refractivity contribution in [2.45, 2.75) is 68.2 Å². The normalized spacial score (nSPS) is 13.4. The van der Waals surface area contributed by atoms with E-state index in [1.807, 2.05) is 51.1 Å². The average molecular weight is 387 g/mol. The molecule has 0 nitrogen and oxygen atoms in total. The molecule has 21 heavy (non-hydrogen) atoms. The second kappa shape index (κ2) is 11.3. The lowest BCUT2D eigenvalue weighted by molar-refractivity contribution is 0.328. The van der Waals surface area contributed by atoms with Gasteiger partial charge in [-0.1, -0.05) is 77.0 Å². The highest BCUT2D eigenvalue weighted by atomic mass is 33.8. The van der Waals surface area contributed by atoms with Crippen LogP contribution >= 0.6 is 51.1 Å². The largest absolute Gasteiger partial charge is 0.0811 e. The second-order valence-corrected chi connectivity index (χ2v) is 16.0. The van der Waals surface area contributed by atoms with Gasteiger partial charge in [-0.25, -0.2) is 0 Å². The van der Waals surface area contributed by atoms with Gasteiger partial charge < -0.3 is 0 Å². The van der Waals surface area contributed by atoms with Crippen LogP contribution in [0.1, 0.15) is 68.2 Å². The van der Waals surface area contributed by atoms with E-state index in [9.17, 15) is 0 Å². The molecule has 128 valence electrons. The zero-order valence-corrected chi connectivity index (χ0v) is 19.1. The highest BCUT2D eigenvalue weighted by Crippen LogP contribution is 2.51. The van der Waals surface area contributed by atoms with Crippen molar-refractivity contribution >= 4 is 51.1 Å². The standard InChI is InChI=1S/C16H34S5/c1-13(2)9-15(5,6)11-17-19-21-20-18-12-16(7,8)10-14(3)4/h13-14H,9-12H2,1-8H3. The maximum Gasteiger partial charge on any atom is 0.00969 e. The van der Waals surface area contributed by atoms with Gasteiger partial charge >= 0.3 is 0 Å². The van der Waals surface area contributed by atoms with Crippen molar-refractivity contribution in [3.63, 3.8) is 0 Å².